The van der Waals surface area contributed by atoms with Crippen LogP contribution in [0.15, 0.2) is 12.2 Å². The van der Waals surface area contributed by atoms with Crippen LogP contribution in [0.1, 0.15) is 245 Å². The van der Waals surface area contributed by atoms with Crippen molar-refractivity contribution in [2.75, 3.05) is 19.8 Å². The first-order valence-corrected chi connectivity index (χ1v) is 28.9. The molecule has 2 aliphatic heterocycles. The van der Waals surface area contributed by atoms with E-state index in [1.807, 2.05) is 6.08 Å². The summed E-state index contributed by atoms with van der Waals surface area (Å²) in [6.45, 7) is 3.06. The first-order valence-electron chi connectivity index (χ1n) is 28.9. The molecule has 2 saturated heterocycles. The number of carbonyl (C=O) groups is 1. The molecule has 70 heavy (non-hydrogen) atoms. The molecule has 0 saturated carbocycles. The molecule has 9 N–H and O–H groups in total. The molecule has 2 fully saturated rings. The van der Waals surface area contributed by atoms with E-state index in [0.717, 1.165) is 38.5 Å². The van der Waals surface area contributed by atoms with Gasteiger partial charge in [0.2, 0.25) is 5.91 Å². The molecule has 414 valence electrons. The minimum atomic E-state index is -1.73. The Balaban J connectivity index is 1.73. The average Bonchev–Trinajstić information content (AvgIpc) is 3.36. The summed E-state index contributed by atoms with van der Waals surface area (Å²) in [7, 11) is 0. The van der Waals surface area contributed by atoms with E-state index in [-0.39, 0.29) is 18.9 Å². The first kappa shape index (κ1) is 64.8. The van der Waals surface area contributed by atoms with E-state index in [0.29, 0.717) is 6.42 Å². The third-order valence-corrected chi connectivity index (χ3v) is 14.5. The Labute approximate surface area is 425 Å². The van der Waals surface area contributed by atoms with E-state index in [2.05, 4.69) is 19.2 Å². The molecule has 0 aliphatic carbocycles. The minimum absolute atomic E-state index is 0.235. The molecule has 0 spiro atoms. The van der Waals surface area contributed by atoms with E-state index in [9.17, 15) is 45.6 Å². The van der Waals surface area contributed by atoms with Crippen molar-refractivity contribution >= 4 is 5.91 Å². The van der Waals surface area contributed by atoms with Crippen molar-refractivity contribution < 1.29 is 64.6 Å². The molecule has 2 heterocycles. The highest BCUT2D eigenvalue weighted by Crippen LogP contribution is 2.27. The minimum Gasteiger partial charge on any atom is -0.394 e. The van der Waals surface area contributed by atoms with Gasteiger partial charge in [-0.15, -0.1) is 0 Å². The van der Waals surface area contributed by atoms with Crippen LogP contribution >= 0.6 is 0 Å². The van der Waals surface area contributed by atoms with Crippen molar-refractivity contribution in [1.82, 2.24) is 5.32 Å². The van der Waals surface area contributed by atoms with E-state index < -0.39 is 86.8 Å². The number of amides is 1. The van der Waals surface area contributed by atoms with Crippen LogP contribution in [0, 0.1) is 0 Å². The lowest BCUT2D eigenvalue weighted by molar-refractivity contribution is -0.331. The zero-order valence-corrected chi connectivity index (χ0v) is 44.3. The Bertz CT molecular complexity index is 1230. The fourth-order valence-electron chi connectivity index (χ4n) is 9.66. The monoisotopic (exact) mass is 1000 g/mol. The van der Waals surface area contributed by atoms with E-state index in [4.69, 9.17) is 18.9 Å². The summed E-state index contributed by atoms with van der Waals surface area (Å²) in [5, 5.41) is 86.5. The number of hydrogen-bond donors (Lipinski definition) is 9. The SMILES string of the molecule is CCCCCCCCCCCCC/C=C/C(O)C(CO[C@H]1O[C@H](CO[C@H]2O[C@H](CO)[C@H](O)[C@H](O)[C@H]2O)[C@@H](O)[C@H](O)[C@H]1O)NC(=O)CCCCCCCCCCCCCCCCCCCCCCCCC. The third-order valence-electron chi connectivity index (χ3n) is 14.5. The van der Waals surface area contributed by atoms with Crippen LogP contribution < -0.4 is 5.32 Å². The second-order valence-corrected chi connectivity index (χ2v) is 20.8. The summed E-state index contributed by atoms with van der Waals surface area (Å²) in [4.78, 5) is 13.2. The maximum atomic E-state index is 13.2. The lowest BCUT2D eigenvalue weighted by Gasteiger charge is -2.43. The number of unbranched alkanes of at least 4 members (excludes halogenated alkanes) is 33. The predicted octanol–water partition coefficient (Wildman–Crippen LogP) is 9.11. The van der Waals surface area contributed by atoms with Crippen molar-refractivity contribution in [1.29, 1.82) is 0 Å². The van der Waals surface area contributed by atoms with Crippen LogP contribution in [0.4, 0.5) is 0 Å². The van der Waals surface area contributed by atoms with Gasteiger partial charge in [-0.1, -0.05) is 231 Å². The molecular formula is C56H107NO13. The van der Waals surface area contributed by atoms with Gasteiger partial charge in [0.05, 0.1) is 32.0 Å². The van der Waals surface area contributed by atoms with Gasteiger partial charge in [0, 0.05) is 6.42 Å². The molecule has 1 amide bonds. The molecule has 2 rings (SSSR count). The van der Waals surface area contributed by atoms with Crippen LogP contribution in [-0.2, 0) is 23.7 Å². The van der Waals surface area contributed by atoms with E-state index in [1.165, 1.54) is 180 Å². The normalized spacial score (nSPS) is 26.0. The largest absolute Gasteiger partial charge is 0.394 e. The van der Waals surface area contributed by atoms with E-state index >= 15 is 0 Å². The van der Waals surface area contributed by atoms with Gasteiger partial charge in [0.1, 0.15) is 48.8 Å². The predicted molar refractivity (Wildman–Crippen MR) is 277 cm³/mol. The van der Waals surface area contributed by atoms with Gasteiger partial charge in [-0.2, -0.15) is 0 Å². The molecule has 0 aromatic heterocycles. The highest BCUT2D eigenvalue weighted by molar-refractivity contribution is 5.76. The molecule has 0 aromatic carbocycles. The Morgan fingerprint density at radius 2 is 0.843 bits per heavy atom. The fourth-order valence-corrected chi connectivity index (χ4v) is 9.66. The maximum absolute atomic E-state index is 13.2. The Morgan fingerprint density at radius 3 is 1.26 bits per heavy atom. The number of aliphatic hydroxyl groups is 8. The number of hydrogen-bond acceptors (Lipinski definition) is 13. The second-order valence-electron chi connectivity index (χ2n) is 20.8. The zero-order valence-electron chi connectivity index (χ0n) is 44.3. The molecule has 0 bridgehead atoms. The lowest BCUT2D eigenvalue weighted by Crippen LogP contribution is -2.62. The van der Waals surface area contributed by atoms with Gasteiger partial charge in [-0.25, -0.2) is 0 Å². The van der Waals surface area contributed by atoms with Crippen LogP contribution in [0.25, 0.3) is 0 Å². The summed E-state index contributed by atoms with van der Waals surface area (Å²) >= 11 is 0. The second kappa shape index (κ2) is 43.0. The first-order chi connectivity index (χ1) is 34.0. The Hall–Kier alpha value is -1.27. The molecule has 12 atom stereocenters. The summed E-state index contributed by atoms with van der Waals surface area (Å²) in [5.41, 5.74) is 0. The number of ether oxygens (including phenoxy) is 4. The lowest BCUT2D eigenvalue weighted by atomic mass is 9.98. The number of carbonyl (C=O) groups excluding carboxylic acids is 1. The molecule has 2 aliphatic rings. The van der Waals surface area contributed by atoms with E-state index in [1.54, 1.807) is 6.08 Å². The van der Waals surface area contributed by atoms with Crippen molar-refractivity contribution in [3.8, 4) is 0 Å². The van der Waals surface area contributed by atoms with Crippen molar-refractivity contribution in [3.63, 3.8) is 0 Å². The van der Waals surface area contributed by atoms with Gasteiger partial charge >= 0.3 is 0 Å². The summed E-state index contributed by atoms with van der Waals surface area (Å²) < 4.78 is 22.6. The molecule has 14 heteroatoms. The van der Waals surface area contributed by atoms with Crippen molar-refractivity contribution in [2.24, 2.45) is 0 Å². The molecule has 14 nitrogen and oxygen atoms in total. The Morgan fingerprint density at radius 1 is 0.486 bits per heavy atom. The van der Waals surface area contributed by atoms with Gasteiger partial charge in [-0.3, -0.25) is 4.79 Å². The highest BCUT2D eigenvalue weighted by Gasteiger charge is 2.47. The highest BCUT2D eigenvalue weighted by atomic mass is 16.7. The average molecular weight is 1000 g/mol. The van der Waals surface area contributed by atoms with Crippen LogP contribution in [-0.4, -0.2) is 140 Å². The van der Waals surface area contributed by atoms with Crippen LogP contribution in [0.3, 0.4) is 0 Å². The standard InChI is InChI=1S/C56H107NO13/c1-3-5-7-9-11-13-15-17-18-19-20-21-22-23-24-25-26-28-30-32-34-36-38-40-48(60)57-44(45(59)39-37-35-33-31-29-27-16-14-12-10-8-6-4-2)42-67-55-54(66)52(64)50(62)47(70-55)43-68-56-53(65)51(63)49(61)46(41-58)69-56/h37,39,44-47,49-56,58-59,61-66H,3-36,38,40-43H2,1-2H3,(H,57,60)/b39-37+/t44?,45?,46-,47-,49+,50-,51+,52+,53-,54-,55+,56+/m1/s1. The van der Waals surface area contributed by atoms with Crippen LogP contribution in [0.2, 0.25) is 0 Å². The summed E-state index contributed by atoms with van der Waals surface area (Å²) in [6, 6.07) is -0.908. The number of nitrogens with one attached hydrogen (secondary N) is 1. The smallest absolute Gasteiger partial charge is 0.220 e. The van der Waals surface area contributed by atoms with Gasteiger partial charge < -0.3 is 65.1 Å². The Kier molecular flexibility index (Phi) is 39.9. The van der Waals surface area contributed by atoms with Crippen LogP contribution in [0.5, 0.6) is 0 Å². The third kappa shape index (κ3) is 29.6. The molecular weight excluding hydrogens is 895 g/mol. The number of rotatable bonds is 46. The topological polar surface area (TPSA) is 228 Å². The zero-order chi connectivity index (χ0) is 51.0. The molecule has 0 aromatic rings. The number of aliphatic hydroxyl groups excluding tert-OH is 8. The van der Waals surface area contributed by atoms with Gasteiger partial charge in [0.15, 0.2) is 12.6 Å². The van der Waals surface area contributed by atoms with Gasteiger partial charge in [0.25, 0.3) is 0 Å². The summed E-state index contributed by atoms with van der Waals surface area (Å²) in [5.74, 6) is -0.235. The van der Waals surface area contributed by atoms with Crippen molar-refractivity contribution in [2.45, 2.75) is 319 Å². The quantitative estimate of drug-likeness (QED) is 0.0205. The number of allylic oxidation sites excluding steroid dienone is 1. The van der Waals surface area contributed by atoms with Gasteiger partial charge in [-0.05, 0) is 19.3 Å². The van der Waals surface area contributed by atoms with Crippen molar-refractivity contribution in [3.05, 3.63) is 12.2 Å². The molecule has 2 unspecified atom stereocenters. The summed E-state index contributed by atoms with van der Waals surface area (Å²) in [6.07, 6.45) is 31.4. The maximum Gasteiger partial charge on any atom is 0.220 e. The fraction of sp³-hybridized carbons (Fsp3) is 0.946. The molecule has 0 radical (unpaired) electrons.